The number of rotatable bonds is 7. The Balaban J connectivity index is 1.59. The van der Waals surface area contributed by atoms with Crippen molar-refractivity contribution >= 4 is 39.1 Å². The zero-order valence-corrected chi connectivity index (χ0v) is 16.8. The third-order valence-corrected chi connectivity index (χ3v) is 5.78. The van der Waals surface area contributed by atoms with Crippen molar-refractivity contribution in [3.8, 4) is 0 Å². The van der Waals surface area contributed by atoms with E-state index in [0.717, 1.165) is 15.2 Å². The summed E-state index contributed by atoms with van der Waals surface area (Å²) in [5, 5.41) is 4.19. The van der Waals surface area contributed by atoms with Crippen molar-refractivity contribution in [2.45, 2.75) is 18.9 Å². The van der Waals surface area contributed by atoms with Gasteiger partial charge in [0.25, 0.3) is 0 Å². The Kier molecular flexibility index (Phi) is 6.42. The highest BCUT2D eigenvalue weighted by Gasteiger charge is 2.21. The van der Waals surface area contributed by atoms with Gasteiger partial charge in [-0.1, -0.05) is 29.8 Å². The number of nitrogens with zero attached hydrogens (tertiary/aromatic N) is 2. The lowest BCUT2D eigenvalue weighted by Gasteiger charge is -2.26. The molecule has 0 bridgehead atoms. The molecule has 0 aliphatic heterocycles. The first-order valence-corrected chi connectivity index (χ1v) is 9.86. The van der Waals surface area contributed by atoms with Crippen molar-refractivity contribution in [1.29, 1.82) is 0 Å². The number of para-hydroxylation sites is 1. The summed E-state index contributed by atoms with van der Waals surface area (Å²) in [4.78, 5) is 18.7. The molecular formula is C20H21ClFN3OS. The average Bonchev–Trinajstić information content (AvgIpc) is 3.05. The van der Waals surface area contributed by atoms with Gasteiger partial charge < -0.3 is 10.2 Å². The molecule has 27 heavy (non-hydrogen) atoms. The molecule has 142 valence electrons. The molecule has 1 aromatic heterocycles. The summed E-state index contributed by atoms with van der Waals surface area (Å²) < 4.78 is 15.3. The zero-order chi connectivity index (χ0) is 19.4. The van der Waals surface area contributed by atoms with Crippen molar-refractivity contribution in [3.63, 3.8) is 0 Å². The molecule has 0 aliphatic carbocycles. The Morgan fingerprint density at radius 2 is 2.04 bits per heavy atom. The second-order valence-corrected chi connectivity index (χ2v) is 8.02. The minimum absolute atomic E-state index is 0.0893. The normalized spacial score (nSPS) is 12.5. The maximum absolute atomic E-state index is 14.2. The highest BCUT2D eigenvalue weighted by Crippen LogP contribution is 2.28. The maximum atomic E-state index is 14.2. The van der Waals surface area contributed by atoms with Gasteiger partial charge in [0.05, 0.1) is 21.3 Å². The number of amides is 1. The number of aryl methyl sites for hydroxylation is 1. The molecule has 1 N–H and O–H groups in total. The van der Waals surface area contributed by atoms with E-state index in [2.05, 4.69) is 10.3 Å². The Labute approximate surface area is 167 Å². The number of nitrogens with one attached hydrogen (secondary N) is 1. The van der Waals surface area contributed by atoms with Crippen molar-refractivity contribution in [2.75, 3.05) is 20.6 Å². The van der Waals surface area contributed by atoms with Gasteiger partial charge in [-0.15, -0.1) is 11.3 Å². The minimum atomic E-state index is -0.370. The SMILES string of the molecule is CN(C)[C@H](CNC(=O)CCc1nc2ccccc2s1)c1c(F)cccc1Cl. The summed E-state index contributed by atoms with van der Waals surface area (Å²) >= 11 is 7.78. The minimum Gasteiger partial charge on any atom is -0.354 e. The molecule has 0 saturated heterocycles. The summed E-state index contributed by atoms with van der Waals surface area (Å²) in [7, 11) is 3.67. The van der Waals surface area contributed by atoms with Gasteiger partial charge in [-0.05, 0) is 38.4 Å². The lowest BCUT2D eigenvalue weighted by atomic mass is 10.0. The van der Waals surface area contributed by atoms with Crippen LogP contribution < -0.4 is 5.32 Å². The first kappa shape index (κ1) is 19.7. The largest absolute Gasteiger partial charge is 0.354 e. The second kappa shape index (κ2) is 8.78. The van der Waals surface area contributed by atoms with Gasteiger partial charge in [-0.3, -0.25) is 4.79 Å². The third kappa shape index (κ3) is 4.83. The standard InChI is InChI=1S/C20H21ClFN3OS/c1-25(2)16(20-13(21)6-5-7-14(20)22)12-23-18(26)10-11-19-24-15-8-3-4-9-17(15)27-19/h3-9,16H,10-12H2,1-2H3,(H,23,26)/t16-/m1/s1. The molecule has 0 fully saturated rings. The molecule has 2 aromatic carbocycles. The van der Waals surface area contributed by atoms with E-state index in [1.165, 1.54) is 6.07 Å². The highest BCUT2D eigenvalue weighted by molar-refractivity contribution is 7.18. The van der Waals surface area contributed by atoms with Crippen LogP contribution in [0.3, 0.4) is 0 Å². The molecule has 0 aliphatic rings. The number of hydrogen-bond donors (Lipinski definition) is 1. The van der Waals surface area contributed by atoms with Gasteiger partial charge in [0.1, 0.15) is 5.82 Å². The quantitative estimate of drug-likeness (QED) is 0.632. The van der Waals surface area contributed by atoms with Crippen molar-refractivity contribution in [2.24, 2.45) is 0 Å². The van der Waals surface area contributed by atoms with Gasteiger partial charge in [0.15, 0.2) is 0 Å². The van der Waals surface area contributed by atoms with E-state index < -0.39 is 0 Å². The fourth-order valence-electron chi connectivity index (χ4n) is 2.92. The lowest BCUT2D eigenvalue weighted by Crippen LogP contribution is -2.35. The number of thiazole rings is 1. The van der Waals surface area contributed by atoms with Crippen molar-refractivity contribution in [1.82, 2.24) is 15.2 Å². The number of hydrogen-bond acceptors (Lipinski definition) is 4. The zero-order valence-electron chi connectivity index (χ0n) is 15.2. The predicted molar refractivity (Wildman–Crippen MR) is 109 cm³/mol. The van der Waals surface area contributed by atoms with Gasteiger partial charge in [0.2, 0.25) is 5.91 Å². The van der Waals surface area contributed by atoms with Crippen LogP contribution in [0.4, 0.5) is 4.39 Å². The fraction of sp³-hybridized carbons (Fsp3) is 0.300. The van der Waals surface area contributed by atoms with Gasteiger partial charge >= 0.3 is 0 Å². The summed E-state index contributed by atoms with van der Waals surface area (Å²) in [5.41, 5.74) is 1.36. The number of carbonyl (C=O) groups is 1. The molecule has 0 saturated carbocycles. The van der Waals surface area contributed by atoms with Crippen LogP contribution in [-0.2, 0) is 11.2 Å². The summed E-state index contributed by atoms with van der Waals surface area (Å²) in [6.07, 6.45) is 0.920. The molecule has 3 rings (SSSR count). The molecule has 4 nitrogen and oxygen atoms in total. The van der Waals surface area contributed by atoms with Crippen LogP contribution in [0.15, 0.2) is 42.5 Å². The molecule has 1 heterocycles. The van der Waals surface area contributed by atoms with E-state index in [0.29, 0.717) is 23.4 Å². The molecule has 1 atom stereocenters. The fourth-order valence-corrected chi connectivity index (χ4v) is 4.17. The van der Waals surface area contributed by atoms with E-state index in [1.54, 1.807) is 23.5 Å². The van der Waals surface area contributed by atoms with Crippen LogP contribution in [0.25, 0.3) is 10.2 Å². The smallest absolute Gasteiger partial charge is 0.220 e. The summed E-state index contributed by atoms with van der Waals surface area (Å²) in [5.74, 6) is -0.460. The van der Waals surface area contributed by atoms with Crippen LogP contribution in [-0.4, -0.2) is 36.4 Å². The van der Waals surface area contributed by atoms with E-state index in [1.807, 2.05) is 43.3 Å². The van der Waals surface area contributed by atoms with E-state index in [4.69, 9.17) is 11.6 Å². The monoisotopic (exact) mass is 405 g/mol. The van der Waals surface area contributed by atoms with Gasteiger partial charge in [-0.2, -0.15) is 0 Å². The van der Waals surface area contributed by atoms with Crippen molar-refractivity contribution < 1.29 is 9.18 Å². The Bertz CT molecular complexity index is 891. The molecule has 0 spiro atoms. The molecular weight excluding hydrogens is 385 g/mol. The number of aromatic nitrogens is 1. The summed E-state index contributed by atoms with van der Waals surface area (Å²) in [6, 6.07) is 12.2. The van der Waals surface area contributed by atoms with Crippen molar-refractivity contribution in [3.05, 3.63) is 63.9 Å². The average molecular weight is 406 g/mol. The van der Waals surface area contributed by atoms with E-state index in [-0.39, 0.29) is 24.3 Å². The van der Waals surface area contributed by atoms with Crippen LogP contribution >= 0.6 is 22.9 Å². The molecule has 0 radical (unpaired) electrons. The molecule has 0 unspecified atom stereocenters. The summed E-state index contributed by atoms with van der Waals surface area (Å²) in [6.45, 7) is 0.284. The van der Waals surface area contributed by atoms with E-state index >= 15 is 0 Å². The number of benzene rings is 2. The van der Waals surface area contributed by atoms with Crippen LogP contribution in [0.1, 0.15) is 23.0 Å². The Hall–Kier alpha value is -2.02. The van der Waals surface area contributed by atoms with Crippen LogP contribution in [0, 0.1) is 5.82 Å². The number of carbonyl (C=O) groups excluding carboxylic acids is 1. The first-order valence-electron chi connectivity index (χ1n) is 8.67. The van der Waals surface area contributed by atoms with Gasteiger partial charge in [-0.25, -0.2) is 9.37 Å². The topological polar surface area (TPSA) is 45.2 Å². The second-order valence-electron chi connectivity index (χ2n) is 6.49. The van der Waals surface area contributed by atoms with Crippen LogP contribution in [0.2, 0.25) is 5.02 Å². The predicted octanol–water partition coefficient (Wildman–Crippen LogP) is 4.44. The highest BCUT2D eigenvalue weighted by atomic mass is 35.5. The van der Waals surface area contributed by atoms with Gasteiger partial charge in [0, 0.05) is 30.0 Å². The Morgan fingerprint density at radius 1 is 1.26 bits per heavy atom. The maximum Gasteiger partial charge on any atom is 0.220 e. The number of fused-ring (bicyclic) bond motifs is 1. The molecule has 7 heteroatoms. The van der Waals surface area contributed by atoms with E-state index in [9.17, 15) is 9.18 Å². The lowest BCUT2D eigenvalue weighted by molar-refractivity contribution is -0.121. The molecule has 1 amide bonds. The first-order chi connectivity index (χ1) is 13.0. The van der Waals surface area contributed by atoms with Crippen LogP contribution in [0.5, 0.6) is 0 Å². The number of likely N-dealkylation sites (N-methyl/N-ethyl adjacent to an activating group) is 1. The Morgan fingerprint density at radius 3 is 2.74 bits per heavy atom. The third-order valence-electron chi connectivity index (χ3n) is 4.35. The molecule has 3 aromatic rings. The number of halogens is 2.